The van der Waals surface area contributed by atoms with Crippen LogP contribution in [0, 0.1) is 0 Å². The van der Waals surface area contributed by atoms with E-state index >= 15 is 0 Å². The maximum atomic E-state index is 11.4. The fraction of sp³-hybridized carbons (Fsp3) is 0.556. The quantitative estimate of drug-likeness (QED) is 0.743. The predicted molar refractivity (Wildman–Crippen MR) is 55.8 cm³/mol. The molecule has 0 aliphatic carbocycles. The third-order valence-electron chi connectivity index (χ3n) is 2.14. The average molecular weight is 196 g/mol. The van der Waals surface area contributed by atoms with Crippen molar-refractivity contribution in [3.05, 3.63) is 22.7 Å². The Labute approximate surface area is 83.2 Å². The monoisotopic (exact) mass is 196 g/mol. The highest BCUT2D eigenvalue weighted by Gasteiger charge is 2.02. The molecule has 5 nitrogen and oxygen atoms in total. The van der Waals surface area contributed by atoms with Crippen molar-refractivity contribution in [1.82, 2.24) is 14.5 Å². The zero-order chi connectivity index (χ0) is 10.6. The van der Waals surface area contributed by atoms with E-state index in [2.05, 4.69) is 23.7 Å². The number of nitrogens with two attached hydrogens (primary N) is 1. The second-order valence-electron chi connectivity index (χ2n) is 3.05. The molecule has 0 bridgehead atoms. The minimum atomic E-state index is -0.295. The van der Waals surface area contributed by atoms with Gasteiger partial charge in [0.15, 0.2) is 0 Å². The SMILES string of the molecule is CCN(CC)Cn1ccc(N)nc1=O. The van der Waals surface area contributed by atoms with Gasteiger partial charge < -0.3 is 5.73 Å². The molecule has 1 aromatic rings. The summed E-state index contributed by atoms with van der Waals surface area (Å²) in [4.78, 5) is 17.1. The molecule has 0 saturated carbocycles. The third kappa shape index (κ3) is 2.56. The number of aromatic nitrogens is 2. The van der Waals surface area contributed by atoms with Crippen molar-refractivity contribution in [2.45, 2.75) is 20.5 Å². The van der Waals surface area contributed by atoms with Crippen molar-refractivity contribution in [3.8, 4) is 0 Å². The van der Waals surface area contributed by atoms with Crippen LogP contribution in [0.4, 0.5) is 5.82 Å². The van der Waals surface area contributed by atoms with E-state index in [1.54, 1.807) is 16.8 Å². The molecule has 0 aliphatic heterocycles. The molecule has 0 fully saturated rings. The summed E-state index contributed by atoms with van der Waals surface area (Å²) >= 11 is 0. The molecule has 0 amide bonds. The minimum absolute atomic E-state index is 0.269. The lowest BCUT2D eigenvalue weighted by Crippen LogP contribution is -2.33. The van der Waals surface area contributed by atoms with Crippen LogP contribution in [-0.4, -0.2) is 27.5 Å². The second kappa shape index (κ2) is 4.76. The number of nitrogen functional groups attached to an aromatic ring is 1. The summed E-state index contributed by atoms with van der Waals surface area (Å²) in [5.41, 5.74) is 5.09. The lowest BCUT2D eigenvalue weighted by atomic mass is 10.5. The van der Waals surface area contributed by atoms with Crippen LogP contribution in [0.5, 0.6) is 0 Å². The predicted octanol–water partition coefficient (Wildman–Crippen LogP) is 0.125. The number of hydrogen-bond donors (Lipinski definition) is 1. The van der Waals surface area contributed by atoms with Gasteiger partial charge in [-0.15, -0.1) is 0 Å². The molecular weight excluding hydrogens is 180 g/mol. The average Bonchev–Trinajstić information content (AvgIpc) is 2.17. The van der Waals surface area contributed by atoms with Gasteiger partial charge in [-0.25, -0.2) is 4.79 Å². The van der Waals surface area contributed by atoms with Gasteiger partial charge in [0.2, 0.25) is 0 Å². The van der Waals surface area contributed by atoms with Crippen molar-refractivity contribution in [3.63, 3.8) is 0 Å². The lowest BCUT2D eigenvalue weighted by Gasteiger charge is -2.18. The molecule has 0 aromatic carbocycles. The highest BCUT2D eigenvalue weighted by molar-refractivity contribution is 5.23. The van der Waals surface area contributed by atoms with E-state index in [0.29, 0.717) is 6.67 Å². The molecule has 14 heavy (non-hydrogen) atoms. The molecule has 0 spiro atoms. The molecule has 1 heterocycles. The Balaban J connectivity index is 2.81. The third-order valence-corrected chi connectivity index (χ3v) is 2.14. The maximum Gasteiger partial charge on any atom is 0.350 e. The highest BCUT2D eigenvalue weighted by Crippen LogP contribution is 1.93. The van der Waals surface area contributed by atoms with Crippen molar-refractivity contribution >= 4 is 5.82 Å². The molecule has 0 aliphatic rings. The lowest BCUT2D eigenvalue weighted by molar-refractivity contribution is 0.236. The molecule has 78 valence electrons. The van der Waals surface area contributed by atoms with E-state index in [0.717, 1.165) is 13.1 Å². The molecule has 0 saturated heterocycles. The molecule has 0 radical (unpaired) electrons. The van der Waals surface area contributed by atoms with Gasteiger partial charge in [-0.05, 0) is 19.2 Å². The normalized spacial score (nSPS) is 10.8. The largest absolute Gasteiger partial charge is 0.383 e. The minimum Gasteiger partial charge on any atom is -0.383 e. The van der Waals surface area contributed by atoms with E-state index in [4.69, 9.17) is 5.73 Å². The van der Waals surface area contributed by atoms with Crippen LogP contribution in [0.3, 0.4) is 0 Å². The first kappa shape index (κ1) is 10.7. The van der Waals surface area contributed by atoms with Gasteiger partial charge in [0, 0.05) is 6.20 Å². The van der Waals surface area contributed by atoms with Gasteiger partial charge in [-0.3, -0.25) is 9.47 Å². The first-order valence-corrected chi connectivity index (χ1v) is 4.72. The Morgan fingerprint density at radius 1 is 1.50 bits per heavy atom. The van der Waals surface area contributed by atoms with Crippen LogP contribution in [0.15, 0.2) is 17.1 Å². The van der Waals surface area contributed by atoms with Crippen LogP contribution in [0.1, 0.15) is 13.8 Å². The van der Waals surface area contributed by atoms with Gasteiger partial charge in [0.1, 0.15) is 5.82 Å². The second-order valence-corrected chi connectivity index (χ2v) is 3.05. The highest BCUT2D eigenvalue weighted by atomic mass is 16.1. The number of hydrogen-bond acceptors (Lipinski definition) is 4. The van der Waals surface area contributed by atoms with Crippen LogP contribution in [0.2, 0.25) is 0 Å². The van der Waals surface area contributed by atoms with Crippen molar-refractivity contribution in [2.24, 2.45) is 0 Å². The van der Waals surface area contributed by atoms with Gasteiger partial charge in [-0.1, -0.05) is 13.8 Å². The molecule has 1 aromatic heterocycles. The summed E-state index contributed by atoms with van der Waals surface area (Å²) in [7, 11) is 0. The van der Waals surface area contributed by atoms with Crippen LogP contribution in [0.25, 0.3) is 0 Å². The summed E-state index contributed by atoms with van der Waals surface area (Å²) in [6.07, 6.45) is 1.67. The van der Waals surface area contributed by atoms with E-state index < -0.39 is 0 Å². The Kier molecular flexibility index (Phi) is 3.64. The number of nitrogens with zero attached hydrogens (tertiary/aromatic N) is 3. The fourth-order valence-corrected chi connectivity index (χ4v) is 1.19. The molecule has 1 rings (SSSR count). The molecule has 5 heteroatoms. The zero-order valence-corrected chi connectivity index (χ0v) is 8.60. The van der Waals surface area contributed by atoms with Crippen LogP contribution < -0.4 is 11.4 Å². The summed E-state index contributed by atoms with van der Waals surface area (Å²) in [6.45, 7) is 6.50. The van der Waals surface area contributed by atoms with Gasteiger partial charge in [0.05, 0.1) is 6.67 Å². The van der Waals surface area contributed by atoms with Gasteiger partial charge in [-0.2, -0.15) is 4.98 Å². The molecular formula is C9H16N4O. The maximum absolute atomic E-state index is 11.4. The Hall–Kier alpha value is -1.36. The number of anilines is 1. The van der Waals surface area contributed by atoms with Gasteiger partial charge in [0.25, 0.3) is 0 Å². The molecule has 0 unspecified atom stereocenters. The van der Waals surface area contributed by atoms with Crippen molar-refractivity contribution in [1.29, 1.82) is 0 Å². The van der Waals surface area contributed by atoms with Crippen molar-refractivity contribution < 1.29 is 0 Å². The Bertz CT molecular complexity index is 343. The van der Waals surface area contributed by atoms with Gasteiger partial charge >= 0.3 is 5.69 Å². The van der Waals surface area contributed by atoms with E-state index in [1.165, 1.54) is 0 Å². The van der Waals surface area contributed by atoms with E-state index in [-0.39, 0.29) is 11.5 Å². The fourth-order valence-electron chi connectivity index (χ4n) is 1.19. The van der Waals surface area contributed by atoms with E-state index in [9.17, 15) is 4.79 Å². The molecule has 2 N–H and O–H groups in total. The zero-order valence-electron chi connectivity index (χ0n) is 8.60. The summed E-state index contributed by atoms with van der Waals surface area (Å²) < 4.78 is 1.54. The Morgan fingerprint density at radius 3 is 2.64 bits per heavy atom. The summed E-state index contributed by atoms with van der Waals surface area (Å²) in [6, 6.07) is 1.63. The summed E-state index contributed by atoms with van der Waals surface area (Å²) in [5, 5.41) is 0. The van der Waals surface area contributed by atoms with Crippen LogP contribution in [-0.2, 0) is 6.67 Å². The first-order chi connectivity index (χ1) is 6.67. The molecule has 0 atom stereocenters. The smallest absolute Gasteiger partial charge is 0.350 e. The Morgan fingerprint density at radius 2 is 2.14 bits per heavy atom. The van der Waals surface area contributed by atoms with Crippen molar-refractivity contribution in [2.75, 3.05) is 18.8 Å². The topological polar surface area (TPSA) is 64.2 Å². The number of rotatable bonds is 4. The summed E-state index contributed by atoms with van der Waals surface area (Å²) in [5.74, 6) is 0.269. The standard InChI is InChI=1S/C9H16N4O/c1-3-12(4-2)7-13-6-5-8(10)11-9(13)14/h5-6H,3-4,7H2,1-2H3,(H2,10,11,14). The first-order valence-electron chi connectivity index (χ1n) is 4.72. The van der Waals surface area contributed by atoms with E-state index in [1.807, 2.05) is 0 Å². The van der Waals surface area contributed by atoms with Crippen LogP contribution >= 0.6 is 0 Å².